The minimum absolute atomic E-state index is 0.0469. The van der Waals surface area contributed by atoms with Crippen LogP contribution in [0.1, 0.15) is 43.5 Å². The number of aliphatic hydroxyl groups excluding tert-OH is 1. The standard InChI is InChI=1S/C21H31N3O3S/c1-5-8-24(10-15(25)12-27-13(2)3)11-18-22-20(26)19-16-7-6-14(4)9-17(16)28-21(19)23-18/h5,13-15,25H,1,6-12H2,2-4H3,(H,22,23,26). The maximum absolute atomic E-state index is 12.8. The molecule has 28 heavy (non-hydrogen) atoms. The van der Waals surface area contributed by atoms with E-state index in [-0.39, 0.29) is 18.3 Å². The highest BCUT2D eigenvalue weighted by Crippen LogP contribution is 2.35. The molecule has 0 bridgehead atoms. The van der Waals surface area contributed by atoms with Gasteiger partial charge in [-0.3, -0.25) is 9.69 Å². The van der Waals surface area contributed by atoms with E-state index in [4.69, 9.17) is 9.72 Å². The van der Waals surface area contributed by atoms with E-state index in [9.17, 15) is 9.90 Å². The number of aromatic nitrogens is 2. The Morgan fingerprint density at radius 3 is 3.00 bits per heavy atom. The van der Waals surface area contributed by atoms with Gasteiger partial charge in [-0.1, -0.05) is 13.0 Å². The summed E-state index contributed by atoms with van der Waals surface area (Å²) in [5.41, 5.74) is 1.15. The molecule has 0 spiro atoms. The molecule has 2 aromatic rings. The molecule has 7 heteroatoms. The second kappa shape index (κ2) is 9.31. The molecule has 0 saturated heterocycles. The number of aliphatic hydroxyl groups is 1. The van der Waals surface area contributed by atoms with E-state index in [1.165, 1.54) is 10.4 Å². The van der Waals surface area contributed by atoms with Crippen LogP contribution >= 0.6 is 11.3 Å². The molecule has 0 amide bonds. The average molecular weight is 406 g/mol. The lowest BCUT2D eigenvalue weighted by molar-refractivity contribution is -0.00834. The minimum Gasteiger partial charge on any atom is -0.389 e. The van der Waals surface area contributed by atoms with Crippen LogP contribution in [0.2, 0.25) is 0 Å². The summed E-state index contributed by atoms with van der Waals surface area (Å²) in [4.78, 5) is 24.6. The Hall–Kier alpha value is -1.54. The Kier molecular flexibility index (Phi) is 7.04. The molecule has 2 N–H and O–H groups in total. The third kappa shape index (κ3) is 5.08. The van der Waals surface area contributed by atoms with E-state index in [1.54, 1.807) is 17.4 Å². The first-order valence-electron chi connectivity index (χ1n) is 10.0. The van der Waals surface area contributed by atoms with Crippen LogP contribution in [-0.2, 0) is 24.1 Å². The van der Waals surface area contributed by atoms with E-state index in [2.05, 4.69) is 18.5 Å². The SMILES string of the molecule is C=CCN(Cc1nc2sc3c(c2c(=O)[nH]1)CCC(C)C3)CC(O)COC(C)C. The molecule has 2 aromatic heterocycles. The Labute approximate surface area is 170 Å². The summed E-state index contributed by atoms with van der Waals surface area (Å²) in [5, 5.41) is 11.0. The average Bonchev–Trinajstić information content (AvgIpc) is 2.97. The minimum atomic E-state index is -0.603. The van der Waals surface area contributed by atoms with E-state index < -0.39 is 6.10 Å². The predicted molar refractivity (Wildman–Crippen MR) is 114 cm³/mol. The second-order valence-corrected chi connectivity index (χ2v) is 9.15. The van der Waals surface area contributed by atoms with Crippen molar-refractivity contribution in [2.75, 3.05) is 19.7 Å². The first-order valence-corrected chi connectivity index (χ1v) is 10.8. The van der Waals surface area contributed by atoms with Gasteiger partial charge < -0.3 is 14.8 Å². The van der Waals surface area contributed by atoms with Crippen LogP contribution in [0.25, 0.3) is 10.2 Å². The van der Waals surface area contributed by atoms with Gasteiger partial charge in [-0.2, -0.15) is 0 Å². The lowest BCUT2D eigenvalue weighted by Crippen LogP contribution is -2.36. The van der Waals surface area contributed by atoms with Gasteiger partial charge >= 0.3 is 0 Å². The van der Waals surface area contributed by atoms with Crippen molar-refractivity contribution >= 4 is 21.6 Å². The molecule has 0 aromatic carbocycles. The quantitative estimate of drug-likeness (QED) is 0.627. The fraction of sp³-hybridized carbons (Fsp3) is 0.619. The van der Waals surface area contributed by atoms with Gasteiger partial charge in [-0.25, -0.2) is 4.98 Å². The number of H-pyrrole nitrogens is 1. The van der Waals surface area contributed by atoms with Gasteiger partial charge in [0.1, 0.15) is 10.7 Å². The Morgan fingerprint density at radius 2 is 2.29 bits per heavy atom. The number of rotatable bonds is 9. The molecule has 0 fully saturated rings. The summed E-state index contributed by atoms with van der Waals surface area (Å²) in [6.07, 6.45) is 4.39. The van der Waals surface area contributed by atoms with Gasteiger partial charge in [0, 0.05) is 18.0 Å². The van der Waals surface area contributed by atoms with Crippen LogP contribution in [0.5, 0.6) is 0 Å². The molecule has 2 atom stereocenters. The van der Waals surface area contributed by atoms with Gasteiger partial charge in [-0.05, 0) is 44.6 Å². The summed E-state index contributed by atoms with van der Waals surface area (Å²) in [5.74, 6) is 1.29. The zero-order valence-corrected chi connectivity index (χ0v) is 17.8. The van der Waals surface area contributed by atoms with Crippen molar-refractivity contribution in [2.45, 2.75) is 58.8 Å². The maximum Gasteiger partial charge on any atom is 0.259 e. The molecule has 1 aliphatic rings. The van der Waals surface area contributed by atoms with E-state index in [0.717, 1.165) is 29.5 Å². The third-order valence-corrected chi connectivity index (χ3v) is 6.21. The zero-order chi connectivity index (χ0) is 20.3. The van der Waals surface area contributed by atoms with Gasteiger partial charge in [0.15, 0.2) is 0 Å². The molecule has 0 aliphatic heterocycles. The molecule has 154 valence electrons. The predicted octanol–water partition coefficient (Wildman–Crippen LogP) is 2.88. The van der Waals surface area contributed by atoms with E-state index >= 15 is 0 Å². The van der Waals surface area contributed by atoms with Crippen molar-refractivity contribution in [2.24, 2.45) is 5.92 Å². The van der Waals surface area contributed by atoms with E-state index in [1.807, 2.05) is 18.7 Å². The molecule has 3 rings (SSSR count). The molecule has 2 heterocycles. The van der Waals surface area contributed by atoms with Gasteiger partial charge in [-0.15, -0.1) is 17.9 Å². The monoisotopic (exact) mass is 405 g/mol. The fourth-order valence-corrected chi connectivity index (χ4v) is 5.12. The molecule has 6 nitrogen and oxygen atoms in total. The lowest BCUT2D eigenvalue weighted by Gasteiger charge is -2.23. The second-order valence-electron chi connectivity index (χ2n) is 8.06. The lowest BCUT2D eigenvalue weighted by atomic mass is 9.89. The number of nitrogens with one attached hydrogen (secondary N) is 1. The van der Waals surface area contributed by atoms with Gasteiger partial charge in [0.2, 0.25) is 0 Å². The van der Waals surface area contributed by atoms with Gasteiger partial charge in [0.25, 0.3) is 5.56 Å². The fourth-order valence-electron chi connectivity index (χ4n) is 3.72. The molecule has 2 unspecified atom stereocenters. The smallest absolute Gasteiger partial charge is 0.259 e. The molecule has 0 saturated carbocycles. The maximum atomic E-state index is 12.8. The number of thiophene rings is 1. The van der Waals surface area contributed by atoms with Crippen LogP contribution in [0, 0.1) is 5.92 Å². The first-order chi connectivity index (χ1) is 13.4. The Bertz CT molecular complexity index is 874. The highest BCUT2D eigenvalue weighted by atomic mass is 32.1. The first kappa shape index (κ1) is 21.2. The highest BCUT2D eigenvalue weighted by molar-refractivity contribution is 7.18. The normalized spacial score (nSPS) is 18.0. The van der Waals surface area contributed by atoms with Crippen molar-refractivity contribution in [3.63, 3.8) is 0 Å². The number of nitrogens with zero attached hydrogens (tertiary/aromatic N) is 2. The summed E-state index contributed by atoms with van der Waals surface area (Å²) < 4.78 is 5.49. The summed E-state index contributed by atoms with van der Waals surface area (Å²) in [6, 6.07) is 0. The molecular weight excluding hydrogens is 374 g/mol. The van der Waals surface area contributed by atoms with Crippen molar-refractivity contribution < 1.29 is 9.84 Å². The van der Waals surface area contributed by atoms with Crippen LogP contribution in [0.4, 0.5) is 0 Å². The molecular formula is C21H31N3O3S. The van der Waals surface area contributed by atoms with Crippen LogP contribution < -0.4 is 5.56 Å². The zero-order valence-electron chi connectivity index (χ0n) is 17.0. The van der Waals surface area contributed by atoms with Crippen molar-refractivity contribution in [3.05, 3.63) is 39.3 Å². The van der Waals surface area contributed by atoms with Crippen LogP contribution in [0.15, 0.2) is 17.4 Å². The topological polar surface area (TPSA) is 78.5 Å². The van der Waals surface area contributed by atoms with E-state index in [0.29, 0.717) is 31.4 Å². The van der Waals surface area contributed by atoms with Crippen LogP contribution in [0.3, 0.4) is 0 Å². The summed E-state index contributed by atoms with van der Waals surface area (Å²) >= 11 is 1.66. The molecule has 1 aliphatic carbocycles. The van der Waals surface area contributed by atoms with Gasteiger partial charge in [0.05, 0.1) is 30.7 Å². The number of fused-ring (bicyclic) bond motifs is 3. The number of aromatic amines is 1. The Morgan fingerprint density at radius 1 is 1.50 bits per heavy atom. The molecule has 0 radical (unpaired) electrons. The highest BCUT2D eigenvalue weighted by Gasteiger charge is 2.23. The number of hydrogen-bond donors (Lipinski definition) is 2. The summed E-state index contributed by atoms with van der Waals surface area (Å²) in [7, 11) is 0. The summed E-state index contributed by atoms with van der Waals surface area (Å²) in [6.45, 7) is 11.7. The van der Waals surface area contributed by atoms with Crippen molar-refractivity contribution in [1.29, 1.82) is 0 Å². The van der Waals surface area contributed by atoms with Crippen molar-refractivity contribution in [3.8, 4) is 0 Å². The van der Waals surface area contributed by atoms with Crippen LogP contribution in [-0.4, -0.2) is 51.9 Å². The number of ether oxygens (including phenoxy) is 1. The number of hydrogen-bond acceptors (Lipinski definition) is 6. The Balaban J connectivity index is 1.78. The third-order valence-electron chi connectivity index (χ3n) is 5.07. The largest absolute Gasteiger partial charge is 0.389 e. The number of aryl methyl sites for hydroxylation is 1. The van der Waals surface area contributed by atoms with Crippen molar-refractivity contribution in [1.82, 2.24) is 14.9 Å².